The molecule has 0 aliphatic heterocycles. The summed E-state index contributed by atoms with van der Waals surface area (Å²) >= 11 is 0. The molecule has 0 fully saturated rings. The lowest BCUT2D eigenvalue weighted by atomic mass is 9.86. The van der Waals surface area contributed by atoms with E-state index in [0.717, 1.165) is 54.9 Å². The number of phenols is 2. The molecule has 8 aromatic rings. The van der Waals surface area contributed by atoms with E-state index in [1.807, 2.05) is 36.4 Å². The molecular formula is C50H42O2. The van der Waals surface area contributed by atoms with Crippen molar-refractivity contribution in [3.05, 3.63) is 167 Å². The number of rotatable bonds is 5. The zero-order chi connectivity index (χ0) is 36.3. The van der Waals surface area contributed by atoms with Gasteiger partial charge in [0.2, 0.25) is 0 Å². The second-order valence-corrected chi connectivity index (χ2v) is 14.4. The fourth-order valence-corrected chi connectivity index (χ4v) is 8.52. The van der Waals surface area contributed by atoms with Crippen LogP contribution >= 0.6 is 0 Å². The van der Waals surface area contributed by atoms with Gasteiger partial charge in [-0.15, -0.1) is 0 Å². The van der Waals surface area contributed by atoms with Gasteiger partial charge in [-0.05, 0) is 131 Å². The molecule has 0 radical (unpaired) electrons. The molecule has 0 saturated carbocycles. The van der Waals surface area contributed by atoms with Gasteiger partial charge >= 0.3 is 0 Å². The van der Waals surface area contributed by atoms with Crippen LogP contribution in [0, 0.1) is 41.5 Å². The van der Waals surface area contributed by atoms with Gasteiger partial charge in [0.1, 0.15) is 11.5 Å². The average Bonchev–Trinajstić information content (AvgIpc) is 3.12. The minimum atomic E-state index is 0.146. The molecule has 254 valence electrons. The average molecular weight is 675 g/mol. The molecule has 2 heteroatoms. The Balaban J connectivity index is 1.31. The van der Waals surface area contributed by atoms with Crippen molar-refractivity contribution in [3.63, 3.8) is 0 Å². The van der Waals surface area contributed by atoms with Crippen molar-refractivity contribution in [1.82, 2.24) is 0 Å². The second kappa shape index (κ2) is 12.9. The molecule has 0 atom stereocenters. The molecule has 0 bridgehead atoms. The smallest absolute Gasteiger partial charge is 0.132 e. The highest BCUT2D eigenvalue weighted by Crippen LogP contribution is 2.51. The van der Waals surface area contributed by atoms with E-state index in [4.69, 9.17) is 0 Å². The maximum absolute atomic E-state index is 12.4. The third kappa shape index (κ3) is 5.61. The van der Waals surface area contributed by atoms with Gasteiger partial charge in [0, 0.05) is 22.3 Å². The first kappa shape index (κ1) is 33.0. The van der Waals surface area contributed by atoms with Crippen molar-refractivity contribution in [2.45, 2.75) is 41.5 Å². The molecule has 0 amide bonds. The molecule has 2 N–H and O–H groups in total. The molecule has 0 spiro atoms. The zero-order valence-corrected chi connectivity index (χ0v) is 30.6. The molecule has 0 unspecified atom stereocenters. The van der Waals surface area contributed by atoms with Crippen LogP contribution in [-0.2, 0) is 0 Å². The Morgan fingerprint density at radius 1 is 0.327 bits per heavy atom. The Hall–Kier alpha value is -6.12. The van der Waals surface area contributed by atoms with Gasteiger partial charge in [-0.25, -0.2) is 0 Å². The standard InChI is InChI=1S/C50H42O2/c1-29-23-31(3)45(32(4)24-29)37-19-15-35(16-20-37)43-27-39-11-7-9-13-41(39)47(49(43)51)48-42-14-10-8-12-40(42)28-44(50(48)52)36-17-21-38(22-18-36)46-33(5)25-30(2)26-34(46)6/h7-28,51-52H,1-6H3. The number of hydrogen-bond donors (Lipinski definition) is 2. The van der Waals surface area contributed by atoms with Gasteiger partial charge in [0.05, 0.1) is 0 Å². The van der Waals surface area contributed by atoms with Gasteiger partial charge in [-0.1, -0.05) is 132 Å². The lowest BCUT2D eigenvalue weighted by Gasteiger charge is -2.20. The van der Waals surface area contributed by atoms with Crippen LogP contribution in [0.5, 0.6) is 11.5 Å². The number of aryl methyl sites for hydroxylation is 6. The van der Waals surface area contributed by atoms with Crippen LogP contribution in [0.15, 0.2) is 133 Å². The van der Waals surface area contributed by atoms with E-state index in [0.29, 0.717) is 11.1 Å². The fourth-order valence-electron chi connectivity index (χ4n) is 8.52. The summed E-state index contributed by atoms with van der Waals surface area (Å²) in [5, 5.41) is 28.5. The van der Waals surface area contributed by atoms with Gasteiger partial charge in [-0.2, -0.15) is 0 Å². The van der Waals surface area contributed by atoms with Crippen LogP contribution in [0.1, 0.15) is 33.4 Å². The number of hydrogen-bond acceptors (Lipinski definition) is 2. The molecule has 0 aromatic heterocycles. The van der Waals surface area contributed by atoms with Crippen molar-refractivity contribution in [2.24, 2.45) is 0 Å². The van der Waals surface area contributed by atoms with E-state index < -0.39 is 0 Å². The molecular weight excluding hydrogens is 633 g/mol. The number of benzene rings is 8. The van der Waals surface area contributed by atoms with Gasteiger partial charge < -0.3 is 10.2 Å². The van der Waals surface area contributed by atoms with E-state index in [9.17, 15) is 10.2 Å². The van der Waals surface area contributed by atoms with Crippen molar-refractivity contribution in [1.29, 1.82) is 0 Å². The quantitative estimate of drug-likeness (QED) is 0.191. The summed E-state index contributed by atoms with van der Waals surface area (Å²) in [7, 11) is 0. The van der Waals surface area contributed by atoms with Crippen LogP contribution in [0.4, 0.5) is 0 Å². The Morgan fingerprint density at radius 3 is 0.981 bits per heavy atom. The number of fused-ring (bicyclic) bond motifs is 2. The zero-order valence-electron chi connectivity index (χ0n) is 30.6. The predicted octanol–water partition coefficient (Wildman–Crippen LogP) is 13.6. The summed E-state index contributed by atoms with van der Waals surface area (Å²) in [6, 6.07) is 46.2. The third-order valence-corrected chi connectivity index (χ3v) is 10.6. The molecule has 0 saturated heterocycles. The Kier molecular flexibility index (Phi) is 8.19. The highest BCUT2D eigenvalue weighted by Gasteiger charge is 2.23. The second-order valence-electron chi connectivity index (χ2n) is 14.4. The van der Waals surface area contributed by atoms with Crippen LogP contribution < -0.4 is 0 Å². The largest absolute Gasteiger partial charge is 0.507 e. The van der Waals surface area contributed by atoms with E-state index in [-0.39, 0.29) is 11.5 Å². The molecule has 52 heavy (non-hydrogen) atoms. The summed E-state index contributed by atoms with van der Waals surface area (Å²) in [6.07, 6.45) is 0. The lowest BCUT2D eigenvalue weighted by Crippen LogP contribution is -1.93. The molecule has 0 aliphatic rings. The highest BCUT2D eigenvalue weighted by molar-refractivity contribution is 6.14. The minimum Gasteiger partial charge on any atom is -0.507 e. The minimum absolute atomic E-state index is 0.146. The molecule has 2 nitrogen and oxygen atoms in total. The number of phenolic OH excluding ortho intramolecular Hbond substituents is 2. The van der Waals surface area contributed by atoms with Crippen molar-refractivity contribution in [3.8, 4) is 67.1 Å². The summed E-state index contributed by atoms with van der Waals surface area (Å²) in [5.74, 6) is 0.292. The maximum Gasteiger partial charge on any atom is 0.132 e. The molecule has 0 aliphatic carbocycles. The van der Waals surface area contributed by atoms with E-state index in [1.54, 1.807) is 0 Å². The van der Waals surface area contributed by atoms with E-state index in [2.05, 4.69) is 139 Å². The van der Waals surface area contributed by atoms with Crippen LogP contribution in [0.3, 0.4) is 0 Å². The maximum atomic E-state index is 12.4. The first-order valence-electron chi connectivity index (χ1n) is 18.0. The Labute approximate surface area is 306 Å². The normalized spacial score (nSPS) is 11.4. The summed E-state index contributed by atoms with van der Waals surface area (Å²) in [4.78, 5) is 0. The van der Waals surface area contributed by atoms with Gasteiger partial charge in [0.25, 0.3) is 0 Å². The van der Waals surface area contributed by atoms with E-state index in [1.165, 1.54) is 44.5 Å². The molecule has 0 heterocycles. The van der Waals surface area contributed by atoms with Gasteiger partial charge in [0.15, 0.2) is 0 Å². The Morgan fingerprint density at radius 2 is 0.635 bits per heavy atom. The third-order valence-electron chi connectivity index (χ3n) is 10.6. The fraction of sp³-hybridized carbons (Fsp3) is 0.120. The molecule has 8 aromatic carbocycles. The topological polar surface area (TPSA) is 40.5 Å². The monoisotopic (exact) mass is 674 g/mol. The van der Waals surface area contributed by atoms with Crippen LogP contribution in [-0.4, -0.2) is 10.2 Å². The predicted molar refractivity (Wildman–Crippen MR) is 220 cm³/mol. The number of aromatic hydroxyl groups is 2. The van der Waals surface area contributed by atoms with E-state index >= 15 is 0 Å². The summed E-state index contributed by atoms with van der Waals surface area (Å²) in [6.45, 7) is 12.9. The summed E-state index contributed by atoms with van der Waals surface area (Å²) in [5.41, 5.74) is 16.8. The highest BCUT2D eigenvalue weighted by atomic mass is 16.3. The van der Waals surface area contributed by atoms with Crippen molar-refractivity contribution >= 4 is 21.5 Å². The SMILES string of the molecule is Cc1cc(C)c(-c2ccc(-c3cc4ccccc4c(-c4c(O)c(-c5ccc(-c6c(C)cc(C)cc6C)cc5)cc5ccccc45)c3O)cc2)c(C)c1. The molecule has 8 rings (SSSR count). The lowest BCUT2D eigenvalue weighted by molar-refractivity contribution is 0.472. The van der Waals surface area contributed by atoms with Crippen LogP contribution in [0.25, 0.3) is 77.2 Å². The van der Waals surface area contributed by atoms with Crippen molar-refractivity contribution in [2.75, 3.05) is 0 Å². The van der Waals surface area contributed by atoms with Crippen molar-refractivity contribution < 1.29 is 10.2 Å². The van der Waals surface area contributed by atoms with Gasteiger partial charge in [-0.3, -0.25) is 0 Å². The van der Waals surface area contributed by atoms with Crippen LogP contribution in [0.2, 0.25) is 0 Å². The first-order chi connectivity index (χ1) is 25.1. The first-order valence-corrected chi connectivity index (χ1v) is 18.0. The Bertz CT molecular complexity index is 2440. The summed E-state index contributed by atoms with van der Waals surface area (Å²) < 4.78 is 0.